The second-order valence-electron chi connectivity index (χ2n) is 7.12. The highest BCUT2D eigenvalue weighted by molar-refractivity contribution is 8.13. The number of piperidine rings is 1. The van der Waals surface area contributed by atoms with E-state index in [2.05, 4.69) is 16.0 Å². The minimum absolute atomic E-state index is 0.104. The fourth-order valence-corrected chi connectivity index (χ4v) is 3.77. The Morgan fingerprint density at radius 1 is 1.17 bits per heavy atom. The zero-order valence-corrected chi connectivity index (χ0v) is 17.6. The summed E-state index contributed by atoms with van der Waals surface area (Å²) in [6.07, 6.45) is 4.67. The van der Waals surface area contributed by atoms with E-state index in [9.17, 15) is 19.2 Å². The lowest BCUT2D eigenvalue weighted by molar-refractivity contribution is -0.132. The fraction of sp³-hybridized carbons (Fsp3) is 0.524. The van der Waals surface area contributed by atoms with Gasteiger partial charge in [-0.15, -0.1) is 0 Å². The van der Waals surface area contributed by atoms with Crippen LogP contribution in [-0.2, 0) is 19.2 Å². The van der Waals surface area contributed by atoms with Crippen molar-refractivity contribution in [2.24, 2.45) is 0 Å². The number of hydrogen-bond acceptors (Lipinski definition) is 5. The van der Waals surface area contributed by atoms with E-state index in [0.717, 1.165) is 25.0 Å². The van der Waals surface area contributed by atoms with Crippen molar-refractivity contribution < 1.29 is 19.2 Å². The van der Waals surface area contributed by atoms with E-state index in [0.29, 0.717) is 31.4 Å². The number of hydrogen-bond donors (Lipinski definition) is 3. The van der Waals surface area contributed by atoms with Gasteiger partial charge in [-0.05, 0) is 37.8 Å². The summed E-state index contributed by atoms with van der Waals surface area (Å²) < 4.78 is 0. The first-order valence-corrected chi connectivity index (χ1v) is 11.0. The minimum Gasteiger partial charge on any atom is -0.344 e. The second-order valence-corrected chi connectivity index (χ2v) is 8.39. The molecule has 1 heterocycles. The molecule has 158 valence electrons. The molecule has 1 aromatic carbocycles. The largest absolute Gasteiger partial charge is 0.344 e. The molecule has 3 N–H and O–H groups in total. The lowest BCUT2D eigenvalue weighted by Crippen LogP contribution is -2.53. The molecule has 2 atom stereocenters. The van der Waals surface area contributed by atoms with Gasteiger partial charge in [-0.2, -0.15) is 0 Å². The molecular weight excluding hydrogens is 390 g/mol. The van der Waals surface area contributed by atoms with Crippen molar-refractivity contribution in [1.82, 2.24) is 10.6 Å². The van der Waals surface area contributed by atoms with Crippen LogP contribution in [0.5, 0.6) is 0 Å². The maximum absolute atomic E-state index is 12.7. The van der Waals surface area contributed by atoms with Crippen LogP contribution in [0.3, 0.4) is 0 Å². The third kappa shape index (κ3) is 8.68. The van der Waals surface area contributed by atoms with Crippen LogP contribution in [0.1, 0.15) is 51.9 Å². The molecule has 0 radical (unpaired) electrons. The van der Waals surface area contributed by atoms with E-state index in [1.165, 1.54) is 11.8 Å². The van der Waals surface area contributed by atoms with E-state index in [-0.39, 0.29) is 22.8 Å². The lowest BCUT2D eigenvalue weighted by atomic mass is 10.0. The number of anilines is 1. The molecule has 1 aliphatic rings. The van der Waals surface area contributed by atoms with Gasteiger partial charge < -0.3 is 16.0 Å². The number of thioether (sulfide) groups is 1. The van der Waals surface area contributed by atoms with Gasteiger partial charge in [-0.25, -0.2) is 0 Å². The van der Waals surface area contributed by atoms with E-state index in [1.54, 1.807) is 19.1 Å². The fourth-order valence-electron chi connectivity index (χ4n) is 3.14. The Labute approximate surface area is 175 Å². The number of carbonyl (C=O) groups excluding carboxylic acids is 4. The highest BCUT2D eigenvalue weighted by Gasteiger charge is 2.28. The third-order valence-corrected chi connectivity index (χ3v) is 5.56. The van der Waals surface area contributed by atoms with Crippen LogP contribution >= 0.6 is 11.8 Å². The molecule has 0 spiro atoms. The Morgan fingerprint density at radius 2 is 1.93 bits per heavy atom. The van der Waals surface area contributed by atoms with Crippen molar-refractivity contribution in [2.45, 2.75) is 64.0 Å². The summed E-state index contributed by atoms with van der Waals surface area (Å²) >= 11 is 1.30. The molecule has 7 nitrogen and oxygen atoms in total. The Bertz CT molecular complexity index is 711. The van der Waals surface area contributed by atoms with E-state index in [4.69, 9.17) is 0 Å². The van der Waals surface area contributed by atoms with Crippen LogP contribution in [0.2, 0.25) is 0 Å². The quantitative estimate of drug-likeness (QED) is 0.506. The van der Waals surface area contributed by atoms with Crippen molar-refractivity contribution in [3.63, 3.8) is 0 Å². The number of unbranched alkanes of at least 4 members (excludes halogenated alkanes) is 2. The summed E-state index contributed by atoms with van der Waals surface area (Å²) in [5.41, 5.74) is 0.667. The first-order valence-electron chi connectivity index (χ1n) is 10.0. The van der Waals surface area contributed by atoms with E-state index >= 15 is 0 Å². The topological polar surface area (TPSA) is 104 Å². The van der Waals surface area contributed by atoms with E-state index in [1.807, 2.05) is 18.2 Å². The number of rotatable bonds is 10. The molecule has 2 rings (SSSR count). The van der Waals surface area contributed by atoms with E-state index < -0.39 is 12.1 Å². The smallest absolute Gasteiger partial charge is 0.246 e. The van der Waals surface area contributed by atoms with Gasteiger partial charge in [0.25, 0.3) is 0 Å². The highest BCUT2D eigenvalue weighted by Crippen LogP contribution is 2.13. The molecule has 0 bridgehead atoms. The molecule has 0 unspecified atom stereocenters. The van der Waals surface area contributed by atoms with Crippen LogP contribution in [0.15, 0.2) is 30.3 Å². The van der Waals surface area contributed by atoms with Crippen molar-refractivity contribution in [1.29, 1.82) is 0 Å². The average molecular weight is 420 g/mol. The van der Waals surface area contributed by atoms with Gasteiger partial charge in [0.1, 0.15) is 12.1 Å². The van der Waals surface area contributed by atoms with Crippen molar-refractivity contribution in [3.8, 4) is 0 Å². The van der Waals surface area contributed by atoms with Crippen LogP contribution in [0.4, 0.5) is 5.69 Å². The Hall–Kier alpha value is -2.35. The molecule has 0 aromatic heterocycles. The van der Waals surface area contributed by atoms with Gasteiger partial charge in [0.15, 0.2) is 5.12 Å². The number of nitrogens with one attached hydrogen (secondary N) is 3. The first kappa shape index (κ1) is 22.9. The van der Waals surface area contributed by atoms with Crippen molar-refractivity contribution in [2.75, 3.05) is 11.1 Å². The van der Waals surface area contributed by atoms with Crippen LogP contribution in [-0.4, -0.2) is 40.7 Å². The standard InChI is InChI=1S/C21H29N3O4S/c1-15(25)29-14-7-3-6-11-18(20(27)22-16-9-4-2-5-10-16)24-21(28)17-12-8-13-19(26)23-17/h2,4-5,9-10,17-18H,3,6-8,11-14H2,1H3,(H,22,27)(H,23,26)(H,24,28)/t17-,18+/m1/s1. The predicted octanol–water partition coefficient (Wildman–Crippen LogP) is 2.62. The number of benzene rings is 1. The van der Waals surface area contributed by atoms with Gasteiger partial charge >= 0.3 is 0 Å². The lowest BCUT2D eigenvalue weighted by Gasteiger charge is -2.25. The zero-order chi connectivity index (χ0) is 21.1. The van der Waals surface area contributed by atoms with Gasteiger partial charge in [0.2, 0.25) is 17.7 Å². The predicted molar refractivity (Wildman–Crippen MR) is 114 cm³/mol. The monoisotopic (exact) mass is 419 g/mol. The summed E-state index contributed by atoms with van der Waals surface area (Å²) in [5, 5.41) is 8.44. The molecular formula is C21H29N3O4S. The van der Waals surface area contributed by atoms with Gasteiger partial charge in [0.05, 0.1) is 0 Å². The van der Waals surface area contributed by atoms with Gasteiger partial charge in [0, 0.05) is 24.8 Å². The number of para-hydroxylation sites is 1. The minimum atomic E-state index is -0.679. The Morgan fingerprint density at radius 3 is 2.62 bits per heavy atom. The van der Waals surface area contributed by atoms with Crippen molar-refractivity contribution in [3.05, 3.63) is 30.3 Å². The maximum atomic E-state index is 12.7. The average Bonchev–Trinajstić information content (AvgIpc) is 2.70. The second kappa shape index (κ2) is 12.3. The number of amides is 3. The number of carbonyl (C=O) groups is 4. The molecule has 1 aliphatic heterocycles. The molecule has 1 aromatic rings. The first-order chi connectivity index (χ1) is 14.0. The molecule has 0 aliphatic carbocycles. The summed E-state index contributed by atoms with van der Waals surface area (Å²) in [4.78, 5) is 47.9. The summed E-state index contributed by atoms with van der Waals surface area (Å²) in [6.45, 7) is 1.55. The molecule has 1 fully saturated rings. The molecule has 8 heteroatoms. The van der Waals surface area contributed by atoms with Gasteiger partial charge in [-0.1, -0.05) is 42.8 Å². The molecule has 1 saturated heterocycles. The Kier molecular flexibility index (Phi) is 9.70. The third-order valence-electron chi connectivity index (χ3n) is 4.67. The molecule has 3 amide bonds. The molecule has 0 saturated carbocycles. The van der Waals surface area contributed by atoms with Crippen LogP contribution < -0.4 is 16.0 Å². The summed E-state index contributed by atoms with van der Waals surface area (Å²) in [5.74, 6) is 0.0318. The zero-order valence-electron chi connectivity index (χ0n) is 16.7. The highest BCUT2D eigenvalue weighted by atomic mass is 32.2. The van der Waals surface area contributed by atoms with Crippen LogP contribution in [0, 0.1) is 0 Å². The van der Waals surface area contributed by atoms with Gasteiger partial charge in [-0.3, -0.25) is 19.2 Å². The molecule has 29 heavy (non-hydrogen) atoms. The summed E-state index contributed by atoms with van der Waals surface area (Å²) in [6, 6.07) is 7.83. The van der Waals surface area contributed by atoms with Crippen LogP contribution in [0.25, 0.3) is 0 Å². The van der Waals surface area contributed by atoms with Crippen molar-refractivity contribution >= 4 is 40.3 Å². The summed E-state index contributed by atoms with van der Waals surface area (Å²) in [7, 11) is 0. The maximum Gasteiger partial charge on any atom is 0.246 e. The SMILES string of the molecule is CC(=O)SCCCCC[C@H](NC(=O)[C@H]1CCCC(=O)N1)C(=O)Nc1ccccc1. The Balaban J connectivity index is 1.90. The normalized spacial score (nSPS) is 17.1.